The molecule has 2 aliphatic rings. The molecule has 4 rings (SSSR count). The number of benzene rings is 1. The topological polar surface area (TPSA) is 47.0 Å². The van der Waals surface area contributed by atoms with E-state index in [-0.39, 0.29) is 6.79 Å². The second-order valence-corrected chi connectivity index (χ2v) is 6.06. The van der Waals surface area contributed by atoms with Crippen molar-refractivity contribution in [1.82, 2.24) is 4.98 Å². The summed E-state index contributed by atoms with van der Waals surface area (Å²) in [5.74, 6) is 2.62. The standard InChI is InChI=1S/C16H15N3O2S/c1-2-12(9-17-5-1)10-19(16-18-6-7-22-16)13-3-4-14-15(8-13)21-11-20-14/h1-5,8-9H,6-7,10-11H2. The van der Waals surface area contributed by atoms with Crippen LogP contribution in [0.2, 0.25) is 0 Å². The lowest BCUT2D eigenvalue weighted by atomic mass is 10.2. The van der Waals surface area contributed by atoms with Gasteiger partial charge in [-0.15, -0.1) is 0 Å². The molecule has 6 heteroatoms. The Morgan fingerprint density at radius 1 is 1.18 bits per heavy atom. The highest BCUT2D eigenvalue weighted by molar-refractivity contribution is 8.14. The molecule has 22 heavy (non-hydrogen) atoms. The number of hydrogen-bond donors (Lipinski definition) is 0. The molecule has 0 spiro atoms. The summed E-state index contributed by atoms with van der Waals surface area (Å²) in [7, 11) is 0. The number of aromatic nitrogens is 1. The van der Waals surface area contributed by atoms with Crippen molar-refractivity contribution in [2.75, 3.05) is 24.0 Å². The van der Waals surface area contributed by atoms with Crippen LogP contribution in [0, 0.1) is 0 Å². The van der Waals surface area contributed by atoms with E-state index in [1.165, 1.54) is 0 Å². The van der Waals surface area contributed by atoms with E-state index in [0.29, 0.717) is 0 Å². The van der Waals surface area contributed by atoms with E-state index >= 15 is 0 Å². The second kappa shape index (κ2) is 5.88. The third kappa shape index (κ3) is 2.62. The minimum atomic E-state index is 0.289. The van der Waals surface area contributed by atoms with E-state index in [1.54, 1.807) is 18.0 Å². The molecule has 0 fully saturated rings. The van der Waals surface area contributed by atoms with Crippen LogP contribution in [0.15, 0.2) is 47.7 Å². The van der Waals surface area contributed by atoms with Crippen molar-refractivity contribution in [3.05, 3.63) is 48.3 Å². The van der Waals surface area contributed by atoms with E-state index in [2.05, 4.69) is 20.9 Å². The Kier molecular flexibility index (Phi) is 3.60. The monoisotopic (exact) mass is 313 g/mol. The fraction of sp³-hybridized carbons (Fsp3) is 0.250. The first-order chi connectivity index (χ1) is 10.9. The van der Waals surface area contributed by atoms with Crippen LogP contribution >= 0.6 is 11.8 Å². The Morgan fingerprint density at radius 3 is 2.95 bits per heavy atom. The van der Waals surface area contributed by atoms with E-state index in [1.807, 2.05) is 30.5 Å². The first-order valence-electron chi connectivity index (χ1n) is 7.13. The molecule has 0 aliphatic carbocycles. The number of ether oxygens (including phenoxy) is 2. The summed E-state index contributed by atoms with van der Waals surface area (Å²) in [6.45, 7) is 1.89. The van der Waals surface area contributed by atoms with Crippen LogP contribution in [-0.2, 0) is 6.54 Å². The summed E-state index contributed by atoms with van der Waals surface area (Å²) in [6, 6.07) is 10.0. The average Bonchev–Trinajstić information content (AvgIpc) is 3.24. The second-order valence-electron chi connectivity index (χ2n) is 5.00. The number of anilines is 1. The molecule has 0 saturated carbocycles. The Labute approximate surface area is 133 Å². The summed E-state index contributed by atoms with van der Waals surface area (Å²) in [5.41, 5.74) is 2.21. The molecule has 3 heterocycles. The number of thioether (sulfide) groups is 1. The number of hydrogen-bond acceptors (Lipinski definition) is 6. The van der Waals surface area contributed by atoms with Gasteiger partial charge in [0.2, 0.25) is 6.79 Å². The SMILES string of the molecule is c1cncc(CN(C2=NCCS2)c2ccc3c(c2)OCO3)c1. The highest BCUT2D eigenvalue weighted by Gasteiger charge is 2.21. The van der Waals surface area contributed by atoms with Gasteiger partial charge in [0.15, 0.2) is 16.7 Å². The zero-order chi connectivity index (χ0) is 14.8. The number of fused-ring (bicyclic) bond motifs is 1. The van der Waals surface area contributed by atoms with Crippen molar-refractivity contribution >= 4 is 22.6 Å². The summed E-state index contributed by atoms with van der Waals surface area (Å²) >= 11 is 1.78. The molecule has 0 saturated heterocycles. The molecule has 0 unspecified atom stereocenters. The van der Waals surface area contributed by atoms with Crippen LogP contribution in [-0.4, -0.2) is 29.2 Å². The fourth-order valence-electron chi connectivity index (χ4n) is 2.48. The summed E-state index contributed by atoms with van der Waals surface area (Å²) in [4.78, 5) is 11.0. The van der Waals surface area contributed by atoms with Gasteiger partial charge in [-0.2, -0.15) is 0 Å². The Bertz CT molecular complexity index is 706. The molecule has 5 nitrogen and oxygen atoms in total. The predicted octanol–water partition coefficient (Wildman–Crippen LogP) is 2.92. The molecular weight excluding hydrogens is 298 g/mol. The molecule has 1 aromatic carbocycles. The van der Waals surface area contributed by atoms with E-state index < -0.39 is 0 Å². The van der Waals surface area contributed by atoms with Gasteiger partial charge in [0.1, 0.15) is 0 Å². The highest BCUT2D eigenvalue weighted by atomic mass is 32.2. The lowest BCUT2D eigenvalue weighted by Crippen LogP contribution is -2.27. The lowest BCUT2D eigenvalue weighted by Gasteiger charge is -2.24. The van der Waals surface area contributed by atoms with Gasteiger partial charge in [-0.3, -0.25) is 9.98 Å². The molecule has 0 atom stereocenters. The number of nitrogens with zero attached hydrogens (tertiary/aromatic N) is 3. The average molecular weight is 313 g/mol. The number of aliphatic imine (C=N–C) groups is 1. The first kappa shape index (κ1) is 13.5. The normalized spacial score (nSPS) is 15.7. The molecular formula is C16H15N3O2S. The lowest BCUT2D eigenvalue weighted by molar-refractivity contribution is 0.174. The summed E-state index contributed by atoms with van der Waals surface area (Å²) < 4.78 is 10.9. The zero-order valence-electron chi connectivity index (χ0n) is 11.9. The van der Waals surface area contributed by atoms with Gasteiger partial charge in [-0.25, -0.2) is 0 Å². The largest absolute Gasteiger partial charge is 0.454 e. The molecule has 2 aromatic rings. The fourth-order valence-corrected chi connectivity index (χ4v) is 3.36. The number of rotatable bonds is 3. The summed E-state index contributed by atoms with van der Waals surface area (Å²) in [6.07, 6.45) is 3.68. The summed E-state index contributed by atoms with van der Waals surface area (Å²) in [5, 5.41) is 1.04. The van der Waals surface area contributed by atoms with Crippen LogP contribution < -0.4 is 14.4 Å². The Hall–Kier alpha value is -2.21. The van der Waals surface area contributed by atoms with Crippen LogP contribution in [0.1, 0.15) is 5.56 Å². The van der Waals surface area contributed by atoms with Gasteiger partial charge >= 0.3 is 0 Å². The third-order valence-electron chi connectivity index (χ3n) is 3.53. The maximum Gasteiger partial charge on any atom is 0.231 e. The molecule has 0 amide bonds. The van der Waals surface area contributed by atoms with Crippen LogP contribution in [0.5, 0.6) is 11.5 Å². The quantitative estimate of drug-likeness (QED) is 0.872. The van der Waals surface area contributed by atoms with Gasteiger partial charge < -0.3 is 14.4 Å². The van der Waals surface area contributed by atoms with Gasteiger partial charge in [0.25, 0.3) is 0 Å². The molecule has 112 valence electrons. The Balaban J connectivity index is 1.67. The minimum Gasteiger partial charge on any atom is -0.454 e. The maximum atomic E-state index is 5.49. The first-order valence-corrected chi connectivity index (χ1v) is 8.12. The van der Waals surface area contributed by atoms with E-state index in [0.717, 1.165) is 46.8 Å². The van der Waals surface area contributed by atoms with E-state index in [9.17, 15) is 0 Å². The van der Waals surface area contributed by atoms with Crippen molar-refractivity contribution < 1.29 is 9.47 Å². The molecule has 2 aliphatic heterocycles. The van der Waals surface area contributed by atoms with Crippen molar-refractivity contribution in [3.8, 4) is 11.5 Å². The van der Waals surface area contributed by atoms with E-state index in [4.69, 9.17) is 9.47 Å². The van der Waals surface area contributed by atoms with Crippen LogP contribution in [0.25, 0.3) is 0 Å². The van der Waals surface area contributed by atoms with Gasteiger partial charge in [0, 0.05) is 29.9 Å². The molecule has 0 bridgehead atoms. The minimum absolute atomic E-state index is 0.289. The molecule has 0 radical (unpaired) electrons. The maximum absolute atomic E-state index is 5.49. The van der Waals surface area contributed by atoms with Gasteiger partial charge in [-0.05, 0) is 23.8 Å². The third-order valence-corrected chi connectivity index (χ3v) is 4.53. The molecule has 0 N–H and O–H groups in total. The molecule has 1 aromatic heterocycles. The van der Waals surface area contributed by atoms with Crippen LogP contribution in [0.3, 0.4) is 0 Å². The smallest absolute Gasteiger partial charge is 0.231 e. The predicted molar refractivity (Wildman–Crippen MR) is 87.7 cm³/mol. The van der Waals surface area contributed by atoms with Gasteiger partial charge in [-0.1, -0.05) is 17.8 Å². The number of amidine groups is 1. The number of pyridine rings is 1. The highest BCUT2D eigenvalue weighted by Crippen LogP contribution is 2.37. The van der Waals surface area contributed by atoms with Crippen molar-refractivity contribution in [2.45, 2.75) is 6.54 Å². The van der Waals surface area contributed by atoms with Gasteiger partial charge in [0.05, 0.1) is 13.1 Å². The van der Waals surface area contributed by atoms with Crippen molar-refractivity contribution in [1.29, 1.82) is 0 Å². The zero-order valence-corrected chi connectivity index (χ0v) is 12.8. The van der Waals surface area contributed by atoms with Crippen LogP contribution in [0.4, 0.5) is 5.69 Å². The Morgan fingerprint density at radius 2 is 2.14 bits per heavy atom. The van der Waals surface area contributed by atoms with Crippen molar-refractivity contribution in [3.63, 3.8) is 0 Å². The van der Waals surface area contributed by atoms with Crippen molar-refractivity contribution in [2.24, 2.45) is 4.99 Å².